The second-order valence-corrected chi connectivity index (χ2v) is 22.7. The van der Waals surface area contributed by atoms with Gasteiger partial charge in [0.25, 0.3) is 7.82 Å². The minimum atomic E-state index is -4.61. The number of unbranched alkanes of at least 4 members (excludes halogenated alkanes) is 35. The molecule has 0 heterocycles. The minimum Gasteiger partial charge on any atom is -0.756 e. The van der Waals surface area contributed by atoms with Crippen molar-refractivity contribution in [3.05, 3.63) is 48.6 Å². The molecule has 3 unspecified atom stereocenters. The van der Waals surface area contributed by atoms with Crippen LogP contribution in [0.1, 0.15) is 277 Å². The maximum atomic E-state index is 13.0. The van der Waals surface area contributed by atoms with Gasteiger partial charge in [0.1, 0.15) is 13.2 Å². The summed E-state index contributed by atoms with van der Waals surface area (Å²) in [6.07, 6.45) is 67.7. The van der Waals surface area contributed by atoms with Crippen molar-refractivity contribution < 1.29 is 32.9 Å². The maximum Gasteiger partial charge on any atom is 0.268 e. The fraction of sp³-hybridized carbons (Fsp3) is 0.850. The van der Waals surface area contributed by atoms with Gasteiger partial charge in [-0.1, -0.05) is 249 Å². The van der Waals surface area contributed by atoms with Crippen LogP contribution in [-0.4, -0.2) is 68.5 Å². The minimum absolute atomic E-state index is 0.00863. The number of allylic oxidation sites excluding steroid dienone is 7. The average molecular weight is 992 g/mol. The third-order valence-corrected chi connectivity index (χ3v) is 14.2. The number of aliphatic hydroxyl groups is 1. The van der Waals surface area contributed by atoms with Crippen LogP contribution >= 0.6 is 7.82 Å². The average Bonchev–Trinajstić information content (AvgIpc) is 3.31. The Kier molecular flexibility index (Phi) is 50.2. The van der Waals surface area contributed by atoms with Crippen molar-refractivity contribution in [3.63, 3.8) is 0 Å². The summed E-state index contributed by atoms with van der Waals surface area (Å²) in [7, 11) is 1.24. The molecule has 0 aliphatic rings. The first-order valence-electron chi connectivity index (χ1n) is 29.5. The smallest absolute Gasteiger partial charge is 0.268 e. The molecule has 0 bridgehead atoms. The van der Waals surface area contributed by atoms with Gasteiger partial charge in [0.05, 0.1) is 39.9 Å². The van der Waals surface area contributed by atoms with Gasteiger partial charge in [-0.3, -0.25) is 9.36 Å². The van der Waals surface area contributed by atoms with Crippen LogP contribution in [-0.2, 0) is 18.4 Å². The lowest BCUT2D eigenvalue weighted by Crippen LogP contribution is -2.45. The molecule has 0 fully saturated rings. The van der Waals surface area contributed by atoms with Crippen LogP contribution in [0.4, 0.5) is 0 Å². The van der Waals surface area contributed by atoms with Gasteiger partial charge in [-0.25, -0.2) is 0 Å². The number of nitrogens with one attached hydrogen (secondary N) is 1. The standard InChI is InChI=1S/C60H115N2O6P/c1-6-8-10-12-14-16-18-20-22-24-26-27-28-29-30-31-32-33-34-35-36-38-40-42-44-46-48-50-52-54-60(64)61-58(57-68-69(65,66)67-56-55-62(3,4)5)59(63)53-51-49-47-45-43-41-39-37-25-23-21-19-17-15-13-11-9-7-2/h24-26,37,43,45,51,53,58-59,63H,6-23,27-36,38-42,44,46-50,52,54-57H2,1-5H3,(H-,61,64,65,66)/b26-24-,37-25+,45-43+,53-51+. The van der Waals surface area contributed by atoms with Crippen molar-refractivity contribution in [2.24, 2.45) is 0 Å². The number of phosphoric acid groups is 1. The summed E-state index contributed by atoms with van der Waals surface area (Å²) in [6.45, 7) is 4.64. The normalized spacial score (nSPS) is 14.2. The van der Waals surface area contributed by atoms with Crippen molar-refractivity contribution in [2.45, 2.75) is 289 Å². The molecule has 1 amide bonds. The molecule has 9 heteroatoms. The number of carbonyl (C=O) groups is 1. The van der Waals surface area contributed by atoms with Crippen LogP contribution in [0.2, 0.25) is 0 Å². The molecule has 0 aromatic heterocycles. The van der Waals surface area contributed by atoms with Gasteiger partial charge < -0.3 is 28.8 Å². The first-order valence-corrected chi connectivity index (χ1v) is 31.0. The number of phosphoric ester groups is 1. The van der Waals surface area contributed by atoms with Gasteiger partial charge >= 0.3 is 0 Å². The highest BCUT2D eigenvalue weighted by molar-refractivity contribution is 7.45. The molecule has 0 aliphatic heterocycles. The van der Waals surface area contributed by atoms with Gasteiger partial charge in [0.15, 0.2) is 0 Å². The number of hydrogen-bond donors (Lipinski definition) is 2. The quantitative estimate of drug-likeness (QED) is 0.0272. The third kappa shape index (κ3) is 54.1. The van der Waals surface area contributed by atoms with Gasteiger partial charge in [-0.15, -0.1) is 0 Å². The van der Waals surface area contributed by atoms with Crippen molar-refractivity contribution >= 4 is 13.7 Å². The van der Waals surface area contributed by atoms with Crippen molar-refractivity contribution in [2.75, 3.05) is 40.9 Å². The van der Waals surface area contributed by atoms with E-state index in [4.69, 9.17) is 9.05 Å². The molecule has 0 aromatic rings. The van der Waals surface area contributed by atoms with E-state index in [0.29, 0.717) is 17.4 Å². The highest BCUT2D eigenvalue weighted by atomic mass is 31.2. The Bertz CT molecular complexity index is 1260. The van der Waals surface area contributed by atoms with E-state index in [1.165, 1.54) is 212 Å². The van der Waals surface area contributed by atoms with E-state index in [2.05, 4.69) is 55.6 Å². The predicted octanol–water partition coefficient (Wildman–Crippen LogP) is 17.3. The third-order valence-electron chi connectivity index (χ3n) is 13.2. The summed E-state index contributed by atoms with van der Waals surface area (Å²) in [5.74, 6) is -0.208. The van der Waals surface area contributed by atoms with Crippen LogP contribution < -0.4 is 10.2 Å². The number of nitrogens with zero attached hydrogens (tertiary/aromatic N) is 1. The largest absolute Gasteiger partial charge is 0.756 e. The number of amides is 1. The molecule has 2 N–H and O–H groups in total. The Labute approximate surface area is 429 Å². The molecule has 406 valence electrons. The fourth-order valence-corrected chi connectivity index (χ4v) is 9.32. The number of carbonyl (C=O) groups excluding carboxylic acids is 1. The summed E-state index contributed by atoms with van der Waals surface area (Å²) in [6, 6.07) is -0.909. The lowest BCUT2D eigenvalue weighted by atomic mass is 10.0. The lowest BCUT2D eigenvalue weighted by Gasteiger charge is -2.29. The monoisotopic (exact) mass is 991 g/mol. The zero-order valence-electron chi connectivity index (χ0n) is 46.3. The van der Waals surface area contributed by atoms with E-state index in [9.17, 15) is 19.4 Å². The SMILES string of the molecule is CCCCCCCCCC/C=C\CCCCCCCCCCCCCCCCCCCC(=O)NC(COP(=O)([O-])OCC[N+](C)(C)C)C(O)/C=C/CC/C=C/CC/C=C/CCCCCCCCCC. The Morgan fingerprint density at radius 1 is 0.493 bits per heavy atom. The molecular formula is C60H115N2O6P. The molecule has 0 rings (SSSR count). The van der Waals surface area contributed by atoms with Crippen LogP contribution in [0.3, 0.4) is 0 Å². The van der Waals surface area contributed by atoms with Crippen LogP contribution in [0.5, 0.6) is 0 Å². The highest BCUT2D eigenvalue weighted by Gasteiger charge is 2.23. The molecule has 0 saturated carbocycles. The Morgan fingerprint density at radius 2 is 0.812 bits per heavy atom. The molecule has 8 nitrogen and oxygen atoms in total. The zero-order valence-corrected chi connectivity index (χ0v) is 47.2. The summed E-state index contributed by atoms with van der Waals surface area (Å²) in [5.41, 5.74) is 0. The molecule has 69 heavy (non-hydrogen) atoms. The molecule has 0 aliphatic carbocycles. The van der Waals surface area contributed by atoms with Crippen molar-refractivity contribution in [1.29, 1.82) is 0 Å². The van der Waals surface area contributed by atoms with Crippen molar-refractivity contribution in [1.82, 2.24) is 5.32 Å². The summed E-state index contributed by atoms with van der Waals surface area (Å²) in [4.78, 5) is 25.5. The van der Waals surface area contributed by atoms with E-state index in [1.807, 2.05) is 27.2 Å². The zero-order chi connectivity index (χ0) is 50.6. The van der Waals surface area contributed by atoms with Crippen molar-refractivity contribution in [3.8, 4) is 0 Å². The molecular weight excluding hydrogens is 876 g/mol. The summed E-state index contributed by atoms with van der Waals surface area (Å²) >= 11 is 0. The number of rotatable bonds is 54. The highest BCUT2D eigenvalue weighted by Crippen LogP contribution is 2.38. The summed E-state index contributed by atoms with van der Waals surface area (Å²) in [5, 5.41) is 13.9. The Hall–Kier alpha value is -1.54. The van der Waals surface area contributed by atoms with Gasteiger partial charge in [-0.05, 0) is 70.6 Å². The van der Waals surface area contributed by atoms with Crippen LogP contribution in [0.15, 0.2) is 48.6 Å². The van der Waals surface area contributed by atoms with E-state index in [0.717, 1.165) is 44.9 Å². The van der Waals surface area contributed by atoms with Crippen LogP contribution in [0.25, 0.3) is 0 Å². The van der Waals surface area contributed by atoms with E-state index in [1.54, 1.807) is 6.08 Å². The molecule has 0 radical (unpaired) electrons. The maximum absolute atomic E-state index is 13.0. The fourth-order valence-electron chi connectivity index (χ4n) is 8.59. The molecule has 0 saturated heterocycles. The first-order chi connectivity index (χ1) is 33.5. The number of aliphatic hydroxyl groups excluding tert-OH is 1. The summed E-state index contributed by atoms with van der Waals surface area (Å²) < 4.78 is 23.3. The lowest BCUT2D eigenvalue weighted by molar-refractivity contribution is -0.870. The van der Waals surface area contributed by atoms with Gasteiger partial charge in [-0.2, -0.15) is 0 Å². The van der Waals surface area contributed by atoms with E-state index >= 15 is 0 Å². The second kappa shape index (κ2) is 51.4. The topological polar surface area (TPSA) is 108 Å². The van der Waals surface area contributed by atoms with Gasteiger partial charge in [0, 0.05) is 6.42 Å². The first kappa shape index (κ1) is 67.5. The number of likely N-dealkylation sites (N-methyl/N-ethyl adjacent to an activating group) is 1. The van der Waals surface area contributed by atoms with Gasteiger partial charge in [0.2, 0.25) is 5.91 Å². The van der Waals surface area contributed by atoms with E-state index in [-0.39, 0.29) is 12.5 Å². The van der Waals surface area contributed by atoms with Crippen LogP contribution in [0, 0.1) is 0 Å². The number of quaternary nitrogens is 1. The molecule has 0 aromatic carbocycles. The number of hydrogen-bond acceptors (Lipinski definition) is 6. The second-order valence-electron chi connectivity index (χ2n) is 21.3. The Balaban J connectivity index is 4.17. The predicted molar refractivity (Wildman–Crippen MR) is 298 cm³/mol. The Morgan fingerprint density at radius 3 is 1.17 bits per heavy atom. The molecule has 3 atom stereocenters. The van der Waals surface area contributed by atoms with E-state index < -0.39 is 26.6 Å². The molecule has 0 spiro atoms.